The maximum Gasteiger partial charge on any atom is 0.411 e. The van der Waals surface area contributed by atoms with Crippen molar-refractivity contribution in [1.29, 1.82) is 0 Å². The van der Waals surface area contributed by atoms with Crippen LogP contribution in [0.4, 0.5) is 10.5 Å². The predicted molar refractivity (Wildman–Crippen MR) is 132 cm³/mol. The molecule has 1 saturated heterocycles. The molecule has 0 aliphatic carbocycles. The number of nitrogens with one attached hydrogen (secondary N) is 1. The highest BCUT2D eigenvalue weighted by molar-refractivity contribution is 6.69. The van der Waals surface area contributed by atoms with Gasteiger partial charge in [0.2, 0.25) is 5.91 Å². The van der Waals surface area contributed by atoms with Crippen molar-refractivity contribution < 1.29 is 28.3 Å². The summed E-state index contributed by atoms with van der Waals surface area (Å²) in [7, 11) is -1.84. The molecule has 3 atom stereocenters. The quantitative estimate of drug-likeness (QED) is 0.230. The van der Waals surface area contributed by atoms with E-state index in [1.807, 2.05) is 6.92 Å². The van der Waals surface area contributed by atoms with E-state index < -0.39 is 20.4 Å². The molecule has 3 rings (SSSR count). The molecule has 2 aliphatic rings. The van der Waals surface area contributed by atoms with Gasteiger partial charge in [-0.1, -0.05) is 37.4 Å². The summed E-state index contributed by atoms with van der Waals surface area (Å²) in [5.41, 5.74) is 2.31. The Morgan fingerprint density at radius 3 is 2.35 bits per heavy atom. The van der Waals surface area contributed by atoms with Crippen molar-refractivity contribution in [2.24, 2.45) is 5.92 Å². The van der Waals surface area contributed by atoms with Gasteiger partial charge in [-0.2, -0.15) is 0 Å². The van der Waals surface area contributed by atoms with Crippen molar-refractivity contribution in [2.75, 3.05) is 18.5 Å². The maximum atomic E-state index is 13.1. The van der Waals surface area contributed by atoms with Crippen molar-refractivity contribution in [3.05, 3.63) is 60.8 Å². The van der Waals surface area contributed by atoms with Gasteiger partial charge < -0.3 is 18.8 Å². The van der Waals surface area contributed by atoms with Crippen LogP contribution in [0.25, 0.3) is 5.57 Å². The van der Waals surface area contributed by atoms with Crippen LogP contribution in [0.3, 0.4) is 0 Å². The lowest BCUT2D eigenvalue weighted by molar-refractivity contribution is -0.161. The van der Waals surface area contributed by atoms with Gasteiger partial charge in [-0.25, -0.2) is 9.59 Å². The number of esters is 1. The van der Waals surface area contributed by atoms with Gasteiger partial charge in [0, 0.05) is 5.69 Å². The third kappa shape index (κ3) is 5.48. The molecule has 2 amide bonds. The molecule has 2 aliphatic heterocycles. The fraction of sp³-hybridized carbons (Fsp3) is 0.400. The van der Waals surface area contributed by atoms with Crippen molar-refractivity contribution >= 4 is 37.5 Å². The number of hydrogen-bond acceptors (Lipinski definition) is 6. The van der Waals surface area contributed by atoms with Crippen molar-refractivity contribution in [2.45, 2.75) is 45.1 Å². The average molecular weight is 485 g/mol. The second-order valence-corrected chi connectivity index (χ2v) is 13.7. The van der Waals surface area contributed by atoms with Gasteiger partial charge in [0.05, 0.1) is 18.1 Å². The Balaban J connectivity index is 1.85. The van der Waals surface area contributed by atoms with Crippen LogP contribution in [-0.2, 0) is 23.5 Å². The summed E-state index contributed by atoms with van der Waals surface area (Å²) in [6.45, 7) is 15.4. The van der Waals surface area contributed by atoms with Crippen LogP contribution in [0.1, 0.15) is 18.9 Å². The van der Waals surface area contributed by atoms with E-state index in [9.17, 15) is 14.4 Å². The van der Waals surface area contributed by atoms with Gasteiger partial charge in [-0.05, 0) is 56.3 Å². The van der Waals surface area contributed by atoms with Crippen LogP contribution >= 0.6 is 0 Å². The number of benzene rings is 1. The number of nitrogens with zero attached hydrogens (tertiary/aromatic N) is 1. The van der Waals surface area contributed by atoms with Crippen LogP contribution in [0.5, 0.6) is 0 Å². The van der Waals surface area contributed by atoms with Gasteiger partial charge >= 0.3 is 12.1 Å². The summed E-state index contributed by atoms with van der Waals surface area (Å²) >= 11 is 0. The molecule has 9 heteroatoms. The number of rotatable bonds is 10. The Morgan fingerprint density at radius 2 is 1.76 bits per heavy atom. The minimum atomic E-state index is -1.84. The number of carbonyl (C=O) groups excluding carboxylic acids is 3. The second kappa shape index (κ2) is 10.4. The van der Waals surface area contributed by atoms with Crippen molar-refractivity contribution in [3.8, 4) is 0 Å². The summed E-state index contributed by atoms with van der Waals surface area (Å²) < 4.78 is 16.4. The largest absolute Gasteiger partial charge is 0.457 e. The summed E-state index contributed by atoms with van der Waals surface area (Å²) in [5.74, 6) is -0.996. The summed E-state index contributed by atoms with van der Waals surface area (Å²) in [6.07, 6.45) is 2.66. The molecule has 1 aromatic rings. The molecule has 1 aromatic carbocycles. The van der Waals surface area contributed by atoms with E-state index >= 15 is 0 Å². The molecule has 8 nitrogen and oxygen atoms in total. The molecule has 0 aromatic heterocycles. The van der Waals surface area contributed by atoms with Crippen LogP contribution in [0.2, 0.25) is 19.6 Å². The summed E-state index contributed by atoms with van der Waals surface area (Å²) in [5, 5.41) is 2.63. The minimum absolute atomic E-state index is 0.0521. The normalized spacial score (nSPS) is 20.2. The molecule has 0 bridgehead atoms. The summed E-state index contributed by atoms with van der Waals surface area (Å²) in [6, 6.07) is 6.87. The Hall–Kier alpha value is -3.17. The van der Waals surface area contributed by atoms with Crippen LogP contribution < -0.4 is 5.32 Å². The lowest BCUT2D eigenvalue weighted by Crippen LogP contribution is -2.63. The van der Waals surface area contributed by atoms with Gasteiger partial charge in [-0.3, -0.25) is 10.1 Å². The highest BCUT2D eigenvalue weighted by Crippen LogP contribution is 2.48. The van der Waals surface area contributed by atoms with E-state index in [1.54, 1.807) is 29.2 Å². The first-order valence-corrected chi connectivity index (χ1v) is 14.7. The van der Waals surface area contributed by atoms with Gasteiger partial charge in [0.15, 0.2) is 8.32 Å². The zero-order valence-corrected chi connectivity index (χ0v) is 21.1. The molecular weight excluding hydrogens is 452 g/mol. The van der Waals surface area contributed by atoms with E-state index in [0.29, 0.717) is 12.1 Å². The van der Waals surface area contributed by atoms with Crippen LogP contribution in [0, 0.1) is 5.92 Å². The molecule has 1 fully saturated rings. The Labute approximate surface area is 201 Å². The Bertz CT molecular complexity index is 1010. The molecule has 0 radical (unpaired) electrons. The third-order valence-corrected chi connectivity index (χ3v) is 6.67. The third-order valence-electron chi connectivity index (χ3n) is 5.59. The average Bonchev–Trinajstić information content (AvgIpc) is 3.10. The van der Waals surface area contributed by atoms with E-state index in [0.717, 1.165) is 11.1 Å². The fourth-order valence-electron chi connectivity index (χ4n) is 4.38. The number of β-lactam (4-membered cyclic amide) rings is 1. The van der Waals surface area contributed by atoms with E-state index in [-0.39, 0.29) is 42.9 Å². The van der Waals surface area contributed by atoms with Gasteiger partial charge in [0.1, 0.15) is 18.9 Å². The molecule has 0 spiro atoms. The first-order chi connectivity index (χ1) is 16.1. The standard InChI is InChI=1S/C25H32N2O6Si/c1-7-13-31-24(29)22-19(17-9-11-18(12-10-17)26-25(30)32-14-8-2)15-20-21(23(28)27(20)22)16(3)33-34(4,5)6/h7-12,16,20-21H,1-2,13-15H2,3-6H3,(H,26,30)/t16-,20-,21-/m1/s1. The number of hydrogen-bond donors (Lipinski definition) is 1. The molecule has 2 heterocycles. The molecule has 0 unspecified atom stereocenters. The first-order valence-electron chi connectivity index (χ1n) is 11.2. The Kier molecular flexibility index (Phi) is 7.78. The number of fused-ring (bicyclic) bond motifs is 1. The predicted octanol–water partition coefficient (Wildman–Crippen LogP) is 4.33. The molecule has 0 saturated carbocycles. The minimum Gasteiger partial charge on any atom is -0.457 e. The Morgan fingerprint density at radius 1 is 1.15 bits per heavy atom. The number of ether oxygens (including phenoxy) is 2. The lowest BCUT2D eigenvalue weighted by atomic mass is 9.82. The number of anilines is 1. The van der Waals surface area contributed by atoms with Crippen LogP contribution in [0.15, 0.2) is 55.3 Å². The topological polar surface area (TPSA) is 94.2 Å². The zero-order chi connectivity index (χ0) is 25.0. The van der Waals surface area contributed by atoms with Gasteiger partial charge in [0.25, 0.3) is 0 Å². The van der Waals surface area contributed by atoms with E-state index in [4.69, 9.17) is 13.9 Å². The number of amides is 2. The smallest absolute Gasteiger partial charge is 0.411 e. The fourth-order valence-corrected chi connectivity index (χ4v) is 5.64. The lowest BCUT2D eigenvalue weighted by Gasteiger charge is -2.47. The van der Waals surface area contributed by atoms with E-state index in [2.05, 4.69) is 38.1 Å². The monoisotopic (exact) mass is 484 g/mol. The number of carbonyl (C=O) groups is 3. The van der Waals surface area contributed by atoms with Crippen LogP contribution in [-0.4, -0.2) is 56.5 Å². The van der Waals surface area contributed by atoms with Crippen molar-refractivity contribution in [3.63, 3.8) is 0 Å². The second-order valence-electron chi connectivity index (χ2n) is 9.24. The zero-order valence-electron chi connectivity index (χ0n) is 20.1. The SMILES string of the molecule is C=CCOC(=O)Nc1ccc(C2=C(C(=O)OCC=C)N3C(=O)[C@H]([C@@H](C)O[Si](C)(C)C)[C@H]3C2)cc1. The summed E-state index contributed by atoms with van der Waals surface area (Å²) in [4.78, 5) is 39.4. The highest BCUT2D eigenvalue weighted by atomic mass is 28.4. The highest BCUT2D eigenvalue weighted by Gasteiger charge is 2.57. The molecule has 182 valence electrons. The first kappa shape index (κ1) is 25.4. The van der Waals surface area contributed by atoms with Gasteiger partial charge in [-0.15, -0.1) is 0 Å². The maximum absolute atomic E-state index is 13.1. The molecule has 1 N–H and O–H groups in total. The molecule has 34 heavy (non-hydrogen) atoms. The van der Waals surface area contributed by atoms with E-state index in [1.165, 1.54) is 12.2 Å². The van der Waals surface area contributed by atoms with Crippen molar-refractivity contribution in [1.82, 2.24) is 4.90 Å². The molecular formula is C25H32N2O6Si.